The highest BCUT2D eigenvalue weighted by Gasteiger charge is 2.23. The normalized spacial score (nSPS) is 12.2. The van der Waals surface area contributed by atoms with Gasteiger partial charge < -0.3 is 10.6 Å². The van der Waals surface area contributed by atoms with Crippen LogP contribution in [0, 0.1) is 0 Å². The number of anilines is 4. The Morgan fingerprint density at radius 1 is 0.474 bits per heavy atom. The Labute approximate surface area is 234 Å². The number of benzene rings is 4. The lowest BCUT2D eigenvalue weighted by Gasteiger charge is -2.24. The van der Waals surface area contributed by atoms with E-state index in [4.69, 9.17) is 9.98 Å². The molecule has 0 saturated heterocycles. The molecule has 0 saturated carbocycles. The van der Waals surface area contributed by atoms with Crippen LogP contribution in [0.1, 0.15) is 27.7 Å². The molecule has 0 aromatic heterocycles. The molecular weight excluding hydrogens is 505 g/mol. The van der Waals surface area contributed by atoms with Crippen molar-refractivity contribution in [3.8, 4) is 0 Å². The first-order valence-corrected chi connectivity index (χ1v) is 14.7. The maximum absolute atomic E-state index is 4.73. The lowest BCUT2D eigenvalue weighted by atomic mass is 10.2. The topological polar surface area (TPSA) is 48.8 Å². The van der Waals surface area contributed by atoms with Crippen molar-refractivity contribution in [1.29, 1.82) is 0 Å². The summed E-state index contributed by atoms with van der Waals surface area (Å²) < 4.78 is -0.275. The van der Waals surface area contributed by atoms with Gasteiger partial charge in [-0.05, 0) is 100 Å². The monoisotopic (exact) mass is 538 g/mol. The molecule has 2 N–H and O–H groups in total. The third kappa shape index (κ3) is 9.12. The van der Waals surface area contributed by atoms with E-state index >= 15 is 0 Å². The molecule has 0 radical (unpaired) electrons. The molecule has 0 unspecified atom stereocenters. The predicted molar refractivity (Wildman–Crippen MR) is 172 cm³/mol. The minimum absolute atomic E-state index is 0.137. The average Bonchev–Trinajstić information content (AvgIpc) is 2.93. The van der Waals surface area contributed by atoms with Crippen molar-refractivity contribution in [3.63, 3.8) is 0 Å². The van der Waals surface area contributed by atoms with Crippen LogP contribution in [0.4, 0.5) is 34.1 Å². The minimum atomic E-state index is -0.137. The highest BCUT2D eigenvalue weighted by atomic mass is 33.1. The van der Waals surface area contributed by atoms with E-state index in [9.17, 15) is 0 Å². The largest absolute Gasteiger partial charge is 0.356 e. The van der Waals surface area contributed by atoms with Crippen molar-refractivity contribution in [2.24, 2.45) is 9.98 Å². The zero-order valence-corrected chi connectivity index (χ0v) is 23.9. The number of nitrogens with one attached hydrogen (secondary N) is 2. The Morgan fingerprint density at radius 2 is 0.789 bits per heavy atom. The van der Waals surface area contributed by atoms with Crippen LogP contribution >= 0.6 is 21.6 Å². The van der Waals surface area contributed by atoms with E-state index in [1.807, 2.05) is 73.1 Å². The summed E-state index contributed by atoms with van der Waals surface area (Å²) in [6.45, 7) is 8.74. The quantitative estimate of drug-likeness (QED) is 0.147. The van der Waals surface area contributed by atoms with Crippen LogP contribution < -0.4 is 10.6 Å². The molecule has 0 atom stereocenters. The Morgan fingerprint density at radius 3 is 1.13 bits per heavy atom. The summed E-state index contributed by atoms with van der Waals surface area (Å²) in [7, 11) is 3.60. The molecule has 0 amide bonds. The van der Waals surface area contributed by atoms with Crippen LogP contribution in [0.15, 0.2) is 119 Å². The van der Waals surface area contributed by atoms with Gasteiger partial charge in [0.15, 0.2) is 0 Å². The molecule has 38 heavy (non-hydrogen) atoms. The summed E-state index contributed by atoms with van der Waals surface area (Å²) in [5, 5.41) is 6.80. The van der Waals surface area contributed by atoms with E-state index in [1.54, 1.807) is 21.6 Å². The third-order valence-electron chi connectivity index (χ3n) is 5.38. The summed E-state index contributed by atoms with van der Waals surface area (Å²) in [6.07, 6.45) is 4.05. The van der Waals surface area contributed by atoms with E-state index < -0.39 is 0 Å². The van der Waals surface area contributed by atoms with Crippen molar-refractivity contribution in [2.75, 3.05) is 10.6 Å². The Balaban J connectivity index is 1.27. The van der Waals surface area contributed by atoms with Crippen molar-refractivity contribution < 1.29 is 0 Å². The van der Waals surface area contributed by atoms with Crippen molar-refractivity contribution in [1.82, 2.24) is 0 Å². The van der Waals surface area contributed by atoms with Crippen molar-refractivity contribution in [3.05, 3.63) is 109 Å². The first-order chi connectivity index (χ1) is 18.3. The molecule has 4 nitrogen and oxygen atoms in total. The molecule has 6 heteroatoms. The van der Waals surface area contributed by atoms with Crippen LogP contribution in [0.3, 0.4) is 0 Å². The number of rotatable bonds is 11. The lowest BCUT2D eigenvalue weighted by Crippen LogP contribution is -2.20. The third-order valence-corrected chi connectivity index (χ3v) is 9.36. The molecular formula is C32H34N4S2. The standard InChI is InChI=1S/C32H34N4S2/c1-31(2,23-33-25-15-19-29(20-16-25)35-27-11-7-5-8-12-27)37-38-32(3,4)24-34-26-17-21-30(22-18-26)36-28-13-9-6-10-14-28/h5-24,35-36H,1-4H3. The highest BCUT2D eigenvalue weighted by Crippen LogP contribution is 2.42. The minimum Gasteiger partial charge on any atom is -0.356 e. The molecule has 0 fully saturated rings. The number of hydrogen-bond acceptors (Lipinski definition) is 6. The van der Waals surface area contributed by atoms with E-state index in [2.05, 4.69) is 86.9 Å². The second-order valence-corrected chi connectivity index (χ2v) is 13.4. The Kier molecular flexibility index (Phi) is 9.32. The van der Waals surface area contributed by atoms with Gasteiger partial charge in [-0.1, -0.05) is 58.0 Å². The SMILES string of the molecule is CC(C)(C=Nc1ccc(Nc2ccccc2)cc1)SSC(C)(C)C=Nc1ccc(Nc2ccccc2)cc1. The Bertz CT molecular complexity index is 1230. The zero-order valence-electron chi connectivity index (χ0n) is 22.3. The van der Waals surface area contributed by atoms with Crippen molar-refractivity contribution in [2.45, 2.75) is 37.2 Å². The number of hydrogen-bond donors (Lipinski definition) is 2. The van der Waals surface area contributed by atoms with E-state index in [0.29, 0.717) is 0 Å². The second-order valence-electron chi connectivity index (χ2n) is 9.97. The zero-order chi connectivity index (χ0) is 26.8. The second kappa shape index (κ2) is 12.9. The highest BCUT2D eigenvalue weighted by molar-refractivity contribution is 8.78. The van der Waals surface area contributed by atoms with Gasteiger partial charge in [0.1, 0.15) is 0 Å². The lowest BCUT2D eigenvalue weighted by molar-refractivity contribution is 0.970. The molecule has 4 aromatic rings. The van der Waals surface area contributed by atoms with Gasteiger partial charge in [-0.15, -0.1) is 0 Å². The first-order valence-electron chi connectivity index (χ1n) is 12.6. The van der Waals surface area contributed by atoms with E-state index in [-0.39, 0.29) is 9.49 Å². The molecule has 0 heterocycles. The maximum atomic E-state index is 4.73. The van der Waals surface area contributed by atoms with Gasteiger partial charge in [-0.2, -0.15) is 0 Å². The van der Waals surface area contributed by atoms with Gasteiger partial charge in [0.2, 0.25) is 0 Å². The van der Waals surface area contributed by atoms with Gasteiger partial charge in [-0.25, -0.2) is 0 Å². The molecule has 194 valence electrons. The predicted octanol–water partition coefficient (Wildman–Crippen LogP) is 10.2. The summed E-state index contributed by atoms with van der Waals surface area (Å²) >= 11 is 0. The molecule has 4 aromatic carbocycles. The number of para-hydroxylation sites is 2. The molecule has 0 bridgehead atoms. The summed E-state index contributed by atoms with van der Waals surface area (Å²) in [4.78, 5) is 9.46. The smallest absolute Gasteiger partial charge is 0.0627 e. The first kappa shape index (κ1) is 27.6. The van der Waals surface area contributed by atoms with Gasteiger partial charge in [0, 0.05) is 35.2 Å². The van der Waals surface area contributed by atoms with Crippen LogP contribution in [0.25, 0.3) is 0 Å². The molecule has 0 aliphatic rings. The van der Waals surface area contributed by atoms with Gasteiger partial charge in [0.25, 0.3) is 0 Å². The summed E-state index contributed by atoms with van der Waals surface area (Å²) in [6, 6.07) is 36.7. The van der Waals surface area contributed by atoms with Crippen LogP contribution in [0.2, 0.25) is 0 Å². The van der Waals surface area contributed by atoms with E-state index in [0.717, 1.165) is 34.1 Å². The van der Waals surface area contributed by atoms with Gasteiger partial charge >= 0.3 is 0 Å². The van der Waals surface area contributed by atoms with Gasteiger partial charge in [0.05, 0.1) is 20.9 Å². The summed E-state index contributed by atoms with van der Waals surface area (Å²) in [5.74, 6) is 0. The average molecular weight is 539 g/mol. The molecule has 0 aliphatic carbocycles. The fraction of sp³-hybridized carbons (Fsp3) is 0.188. The Hall–Kier alpha value is -3.48. The number of nitrogens with zero attached hydrogens (tertiary/aromatic N) is 2. The maximum Gasteiger partial charge on any atom is 0.0627 e. The fourth-order valence-electron chi connectivity index (χ4n) is 3.36. The van der Waals surface area contributed by atoms with Crippen LogP contribution in [-0.2, 0) is 0 Å². The molecule has 0 aliphatic heterocycles. The van der Waals surface area contributed by atoms with E-state index in [1.165, 1.54) is 0 Å². The van der Waals surface area contributed by atoms with Gasteiger partial charge in [-0.3, -0.25) is 9.98 Å². The van der Waals surface area contributed by atoms with Crippen LogP contribution in [0.5, 0.6) is 0 Å². The number of aliphatic imine (C=N–C) groups is 2. The molecule has 4 rings (SSSR count). The van der Waals surface area contributed by atoms with Crippen molar-refractivity contribution >= 4 is 68.1 Å². The fourth-order valence-corrected chi connectivity index (χ4v) is 5.52. The van der Waals surface area contributed by atoms with Crippen LogP contribution in [-0.4, -0.2) is 21.9 Å². The summed E-state index contributed by atoms with van der Waals surface area (Å²) in [5.41, 5.74) is 6.11. The molecule has 0 spiro atoms.